The molecule has 2 aliphatic heterocycles. The van der Waals surface area contributed by atoms with Crippen LogP contribution >= 0.6 is 0 Å². The van der Waals surface area contributed by atoms with E-state index in [4.69, 9.17) is 27.8 Å². The van der Waals surface area contributed by atoms with Crippen LogP contribution in [0.1, 0.15) is 129 Å². The fourth-order valence-electron chi connectivity index (χ4n) is 9.31. The number of nitrogens with zero attached hydrogens (tertiary/aromatic N) is 1. The minimum atomic E-state index is -2.21. The zero-order chi connectivity index (χ0) is 47.3. The van der Waals surface area contributed by atoms with Crippen molar-refractivity contribution in [2.45, 2.75) is 207 Å². The van der Waals surface area contributed by atoms with E-state index in [1.54, 1.807) is 13.0 Å². The van der Waals surface area contributed by atoms with Crippen molar-refractivity contribution in [3.05, 3.63) is 70.3 Å². The van der Waals surface area contributed by atoms with E-state index < -0.39 is 45.5 Å². The molecule has 3 rings (SSSR count). The van der Waals surface area contributed by atoms with Crippen LogP contribution in [-0.4, -0.2) is 81.0 Å². The summed E-state index contributed by atoms with van der Waals surface area (Å²) in [6.45, 7) is 29.9. The fraction of sp³-hybridized carbons (Fsp3) is 0.714. The summed E-state index contributed by atoms with van der Waals surface area (Å²) in [5.74, 6) is -0.501. The van der Waals surface area contributed by atoms with Gasteiger partial charge in [-0.05, 0) is 98.1 Å². The monoisotopic (exact) mass is 916 g/mol. The maximum absolute atomic E-state index is 13.8. The van der Waals surface area contributed by atoms with Gasteiger partial charge in [-0.1, -0.05) is 107 Å². The molecule has 2 aliphatic rings. The molecule has 10 atom stereocenters. The molecule has 1 aromatic rings. The zero-order valence-electron chi connectivity index (χ0n) is 40.9. The highest BCUT2D eigenvalue weighted by Gasteiger charge is 2.49. The van der Waals surface area contributed by atoms with E-state index in [1.807, 2.05) is 45.1 Å². The average molecular weight is 916 g/mol. The number of benzene rings is 1. The topological polar surface area (TPSA) is 156 Å². The first kappa shape index (κ1) is 54.2. The molecule has 1 aromatic carbocycles. The van der Waals surface area contributed by atoms with Crippen LogP contribution < -0.4 is 4.74 Å². The summed E-state index contributed by atoms with van der Waals surface area (Å²) in [7, 11) is -4.08. The third kappa shape index (κ3) is 15.5. The Hall–Kier alpha value is -3.15. The average Bonchev–Trinajstić information content (AvgIpc) is 4.00. The highest BCUT2D eigenvalue weighted by molar-refractivity contribution is 6.75. The van der Waals surface area contributed by atoms with Crippen LogP contribution in [0.3, 0.4) is 0 Å². The molecule has 1 saturated heterocycles. The van der Waals surface area contributed by atoms with Gasteiger partial charge in [-0.15, -0.1) is 0 Å². The van der Waals surface area contributed by atoms with Gasteiger partial charge in [0.15, 0.2) is 16.6 Å². The molecule has 1 N–H and O–H groups in total. The Morgan fingerprint density at radius 2 is 1.57 bits per heavy atom. The van der Waals surface area contributed by atoms with Crippen molar-refractivity contribution in [3.63, 3.8) is 0 Å². The molecule has 0 radical (unpaired) electrons. The minimum Gasteiger partial charge on any atom is -0.457 e. The quantitative estimate of drug-likeness (QED) is 0.0183. The number of epoxide rings is 1. The molecule has 10 unspecified atom stereocenters. The molecule has 1 fully saturated rings. The molecule has 0 spiro atoms. The van der Waals surface area contributed by atoms with Crippen LogP contribution in [0.25, 0.3) is 0 Å². The number of non-ortho nitro benzene ring substituents is 1. The minimum absolute atomic E-state index is 0.0264. The number of hydrogen-bond acceptors (Lipinski definition) is 11. The number of esters is 1. The van der Waals surface area contributed by atoms with Crippen molar-refractivity contribution in [2.24, 2.45) is 17.8 Å². The van der Waals surface area contributed by atoms with E-state index in [9.17, 15) is 24.8 Å². The fourth-order valence-corrected chi connectivity index (χ4v) is 16.6. The first-order valence-electron chi connectivity index (χ1n) is 23.7. The van der Waals surface area contributed by atoms with Gasteiger partial charge < -0.3 is 32.9 Å². The van der Waals surface area contributed by atoms with Gasteiger partial charge in [0.2, 0.25) is 0 Å². The predicted molar refractivity (Wildman–Crippen MR) is 255 cm³/mol. The predicted octanol–water partition coefficient (Wildman–Crippen LogP) is 12.4. The lowest BCUT2D eigenvalue weighted by Crippen LogP contribution is -2.46. The number of carbonyl (C=O) groups is 2. The lowest BCUT2D eigenvalue weighted by Gasteiger charge is -2.39. The van der Waals surface area contributed by atoms with Gasteiger partial charge >= 0.3 is 12.1 Å². The second-order valence-electron chi connectivity index (χ2n) is 19.1. The summed E-state index contributed by atoms with van der Waals surface area (Å²) < 4.78 is 37.8. The van der Waals surface area contributed by atoms with Crippen LogP contribution in [0.15, 0.2) is 60.2 Å². The Balaban J connectivity index is 1.84. The van der Waals surface area contributed by atoms with Gasteiger partial charge in [-0.3, -0.25) is 14.9 Å². The molecule has 63 heavy (non-hydrogen) atoms. The number of aliphatic hydroxyl groups is 1. The molecule has 2 heterocycles. The van der Waals surface area contributed by atoms with Crippen LogP contribution in [0, 0.1) is 27.9 Å². The second kappa shape index (κ2) is 24.4. The van der Waals surface area contributed by atoms with Crippen molar-refractivity contribution in [1.82, 2.24) is 0 Å². The van der Waals surface area contributed by atoms with Gasteiger partial charge in [-0.25, -0.2) is 4.79 Å². The number of nitro groups is 1. The maximum Gasteiger partial charge on any atom is 0.514 e. The van der Waals surface area contributed by atoms with Crippen LogP contribution in [-0.2, 0) is 27.9 Å². The number of cyclic esters (lactones) is 1. The Labute approximate surface area is 381 Å². The number of carbonyl (C=O) groups excluding carboxylic acids is 2. The summed E-state index contributed by atoms with van der Waals surface area (Å²) in [5.41, 5.74) is 0.395. The van der Waals surface area contributed by atoms with Crippen molar-refractivity contribution < 1.29 is 47.4 Å². The lowest BCUT2D eigenvalue weighted by atomic mass is 9.91. The van der Waals surface area contributed by atoms with Crippen molar-refractivity contribution in [1.29, 1.82) is 0 Å². The van der Waals surface area contributed by atoms with E-state index in [-0.39, 0.29) is 66.0 Å². The number of rotatable bonds is 21. The molecule has 0 saturated carbocycles. The summed E-state index contributed by atoms with van der Waals surface area (Å²) in [6, 6.07) is 9.24. The first-order valence-corrected chi connectivity index (χ1v) is 28.5. The third-order valence-corrected chi connectivity index (χ3v) is 24.6. The van der Waals surface area contributed by atoms with Crippen LogP contribution in [0.2, 0.25) is 35.3 Å². The van der Waals surface area contributed by atoms with Gasteiger partial charge in [0.1, 0.15) is 18.0 Å². The second-order valence-corrected chi connectivity index (χ2v) is 29.0. The van der Waals surface area contributed by atoms with E-state index in [2.05, 4.69) is 69.2 Å². The highest BCUT2D eigenvalue weighted by atomic mass is 28.4. The lowest BCUT2D eigenvalue weighted by molar-refractivity contribution is -0.384. The highest BCUT2D eigenvalue weighted by Crippen LogP contribution is 2.41. The summed E-state index contributed by atoms with van der Waals surface area (Å²) in [6.07, 6.45) is 9.20. The van der Waals surface area contributed by atoms with Crippen molar-refractivity contribution in [2.75, 3.05) is 0 Å². The number of hydrogen-bond donors (Lipinski definition) is 1. The van der Waals surface area contributed by atoms with E-state index >= 15 is 0 Å². The first-order chi connectivity index (χ1) is 29.6. The van der Waals surface area contributed by atoms with Gasteiger partial charge in [0.05, 0.1) is 35.3 Å². The molecular formula is C49H81NO11Si2. The Morgan fingerprint density at radius 1 is 0.968 bits per heavy atom. The van der Waals surface area contributed by atoms with E-state index in [0.717, 1.165) is 36.2 Å². The molecule has 356 valence electrons. The SMILES string of the molecule is CCC(O[Si](CC)(CC)C(C)C)C(C)C1OC1CC(C)(O)/C=C/C=C(\C)C1OC(=O)CC(O[Si](CC)(CC)C(C)C)CCC(C)C(OC(=O)Oc2ccc([N+](=O)[O-])cc2)/C=C/C1C. The molecule has 14 heteroatoms. The molecule has 12 nitrogen and oxygen atoms in total. The zero-order valence-corrected chi connectivity index (χ0v) is 42.9. The van der Waals surface area contributed by atoms with Crippen molar-refractivity contribution in [3.8, 4) is 5.75 Å². The summed E-state index contributed by atoms with van der Waals surface area (Å²) in [5, 5.41) is 22.6. The molecule has 0 bridgehead atoms. The largest absolute Gasteiger partial charge is 0.514 e. The van der Waals surface area contributed by atoms with Gasteiger partial charge in [-0.2, -0.15) is 0 Å². The van der Waals surface area contributed by atoms with Crippen LogP contribution in [0.5, 0.6) is 5.75 Å². The third-order valence-electron chi connectivity index (χ3n) is 14.0. The number of allylic oxidation sites excluding steroid dienone is 2. The van der Waals surface area contributed by atoms with Gasteiger partial charge in [0, 0.05) is 36.5 Å². The Bertz CT molecular complexity index is 1700. The smallest absolute Gasteiger partial charge is 0.457 e. The summed E-state index contributed by atoms with van der Waals surface area (Å²) in [4.78, 5) is 37.6. The standard InChI is InChI=1S/C49H81NO11Si2/c1-15-42(61-63(18-4,19-5)34(8)9)38(13)47-44(57-47)32-49(14,53)30-20-21-36(11)46-37(12)23-29-43(58-48(52)56-40-27-24-39(25-28-40)50(54)55)35(10)22-26-41(31-45(51)59-46)60-62(16-2,17-3)33(6)7/h20-21,23-25,27-30,33-35,37-38,41-44,46-47,53H,15-19,22,26,31-32H2,1-14H3/b29-23+,30-20+,36-21+. The Kier molecular flexibility index (Phi) is 21.0. The molecule has 0 aromatic heterocycles. The van der Waals surface area contributed by atoms with E-state index in [0.29, 0.717) is 30.3 Å². The van der Waals surface area contributed by atoms with Crippen molar-refractivity contribution >= 4 is 34.4 Å². The number of ether oxygens (including phenoxy) is 4. The van der Waals surface area contributed by atoms with Gasteiger partial charge in [0.25, 0.3) is 5.69 Å². The molecule has 0 amide bonds. The maximum atomic E-state index is 13.8. The van der Waals surface area contributed by atoms with E-state index in [1.165, 1.54) is 24.3 Å². The molecular weight excluding hydrogens is 835 g/mol. The normalized spacial score (nSPS) is 26.6. The summed E-state index contributed by atoms with van der Waals surface area (Å²) >= 11 is 0. The molecule has 0 aliphatic carbocycles. The number of nitro benzene ring substituents is 1. The van der Waals surface area contributed by atoms with Crippen LogP contribution in [0.4, 0.5) is 10.5 Å². The Morgan fingerprint density at radius 3 is 2.11 bits per heavy atom.